The number of likely N-dealkylation sites (N-methyl/N-ethyl adjacent to an activating group) is 2. The second-order valence-electron chi connectivity index (χ2n) is 5.60. The number of piperidine rings is 1. The number of nitrogens with one attached hydrogen (secondary N) is 1. The van der Waals surface area contributed by atoms with Crippen molar-refractivity contribution in [1.82, 2.24) is 15.1 Å². The number of ether oxygens (including phenoxy) is 1. The number of nitrogens with zero attached hydrogens (tertiary/aromatic N) is 2. The lowest BCUT2D eigenvalue weighted by atomic mass is 9.96. The Morgan fingerprint density at radius 3 is 2.61 bits per heavy atom. The van der Waals surface area contributed by atoms with Crippen molar-refractivity contribution in [3.63, 3.8) is 0 Å². The molecule has 1 rings (SSSR count). The van der Waals surface area contributed by atoms with Gasteiger partial charge < -0.3 is 15.0 Å². The molecule has 1 heterocycles. The molecule has 0 radical (unpaired) electrons. The van der Waals surface area contributed by atoms with Gasteiger partial charge in [-0.05, 0) is 52.5 Å². The number of rotatable bonds is 8. The molecule has 0 aliphatic carbocycles. The van der Waals surface area contributed by atoms with E-state index in [0.717, 1.165) is 25.6 Å². The van der Waals surface area contributed by atoms with Crippen molar-refractivity contribution in [3.05, 3.63) is 0 Å². The highest BCUT2D eigenvalue weighted by atomic mass is 16.5. The summed E-state index contributed by atoms with van der Waals surface area (Å²) >= 11 is 0. The summed E-state index contributed by atoms with van der Waals surface area (Å²) in [6, 6.07) is 0.495. The van der Waals surface area contributed by atoms with E-state index in [1.165, 1.54) is 32.5 Å². The van der Waals surface area contributed by atoms with Gasteiger partial charge in [0.05, 0.1) is 6.61 Å². The Hall–Kier alpha value is -0.160. The zero-order chi connectivity index (χ0) is 13.4. The summed E-state index contributed by atoms with van der Waals surface area (Å²) in [5.74, 6) is 0.854. The van der Waals surface area contributed by atoms with Crippen molar-refractivity contribution in [2.24, 2.45) is 5.92 Å². The minimum Gasteiger partial charge on any atom is -0.383 e. The van der Waals surface area contributed by atoms with E-state index >= 15 is 0 Å². The van der Waals surface area contributed by atoms with Crippen molar-refractivity contribution in [2.45, 2.75) is 25.8 Å². The second kappa shape index (κ2) is 8.86. The monoisotopic (exact) mass is 257 g/mol. The Morgan fingerprint density at radius 2 is 2.06 bits per heavy atom. The van der Waals surface area contributed by atoms with Crippen LogP contribution in [0.4, 0.5) is 0 Å². The first-order valence-corrected chi connectivity index (χ1v) is 7.25. The predicted molar refractivity (Wildman–Crippen MR) is 77.1 cm³/mol. The van der Waals surface area contributed by atoms with Crippen LogP contribution < -0.4 is 5.32 Å². The van der Waals surface area contributed by atoms with Crippen LogP contribution in [0.3, 0.4) is 0 Å². The predicted octanol–water partition coefficient (Wildman–Crippen LogP) is 0.885. The zero-order valence-electron chi connectivity index (χ0n) is 12.6. The normalized spacial score (nSPS) is 20.5. The summed E-state index contributed by atoms with van der Waals surface area (Å²) in [6.45, 7) is 8.72. The fraction of sp³-hybridized carbons (Fsp3) is 1.00. The molecule has 0 amide bonds. The maximum absolute atomic E-state index is 5.34. The largest absolute Gasteiger partial charge is 0.383 e. The molecule has 1 unspecified atom stereocenters. The van der Waals surface area contributed by atoms with Gasteiger partial charge in [0.15, 0.2) is 0 Å². The summed E-state index contributed by atoms with van der Waals surface area (Å²) in [4.78, 5) is 4.91. The van der Waals surface area contributed by atoms with Crippen molar-refractivity contribution in [1.29, 1.82) is 0 Å². The molecule has 1 saturated heterocycles. The molecule has 1 N–H and O–H groups in total. The number of methoxy groups -OCH3 is 1. The molecule has 0 aromatic rings. The molecule has 0 bridgehead atoms. The lowest BCUT2D eigenvalue weighted by Gasteiger charge is -2.35. The molecule has 1 aliphatic heterocycles. The number of hydrogen-bond acceptors (Lipinski definition) is 4. The van der Waals surface area contributed by atoms with Gasteiger partial charge in [0, 0.05) is 26.2 Å². The first-order valence-electron chi connectivity index (χ1n) is 7.25. The summed E-state index contributed by atoms with van der Waals surface area (Å²) < 4.78 is 5.34. The Morgan fingerprint density at radius 1 is 1.39 bits per heavy atom. The fourth-order valence-corrected chi connectivity index (χ4v) is 2.65. The second-order valence-corrected chi connectivity index (χ2v) is 5.60. The van der Waals surface area contributed by atoms with Gasteiger partial charge in [0.25, 0.3) is 0 Å². The van der Waals surface area contributed by atoms with E-state index in [9.17, 15) is 0 Å². The van der Waals surface area contributed by atoms with Gasteiger partial charge in [-0.1, -0.05) is 6.92 Å². The van der Waals surface area contributed by atoms with Crippen molar-refractivity contribution in [3.8, 4) is 0 Å². The topological polar surface area (TPSA) is 27.7 Å². The third-order valence-corrected chi connectivity index (χ3v) is 4.00. The Balaban J connectivity index is 2.32. The maximum Gasteiger partial charge on any atom is 0.0630 e. The van der Waals surface area contributed by atoms with E-state index in [0.29, 0.717) is 6.04 Å². The van der Waals surface area contributed by atoms with Crippen LogP contribution >= 0.6 is 0 Å². The van der Waals surface area contributed by atoms with Crippen LogP contribution in [-0.2, 0) is 4.74 Å². The molecule has 4 nitrogen and oxygen atoms in total. The number of likely N-dealkylation sites (tertiary alicyclic amines) is 1. The highest BCUT2D eigenvalue weighted by Crippen LogP contribution is 2.17. The van der Waals surface area contributed by atoms with Crippen molar-refractivity contribution < 1.29 is 4.74 Å². The standard InChI is InChI=1S/C14H31N3O/c1-5-15-10-14(12-18-4)17(3)11-13-6-8-16(2)9-7-13/h13-15H,5-12H2,1-4H3. The molecule has 1 fully saturated rings. The van der Waals surface area contributed by atoms with Crippen LogP contribution in [0.2, 0.25) is 0 Å². The maximum atomic E-state index is 5.34. The van der Waals surface area contributed by atoms with Gasteiger partial charge in [-0.3, -0.25) is 4.90 Å². The quantitative estimate of drug-likeness (QED) is 0.699. The molecule has 0 spiro atoms. The lowest BCUT2D eigenvalue weighted by molar-refractivity contribution is 0.0847. The zero-order valence-corrected chi connectivity index (χ0v) is 12.6. The van der Waals surface area contributed by atoms with Gasteiger partial charge in [-0.25, -0.2) is 0 Å². The smallest absolute Gasteiger partial charge is 0.0630 e. The Bertz CT molecular complexity index is 205. The molecule has 1 atom stereocenters. The Kier molecular flexibility index (Phi) is 7.82. The molecule has 108 valence electrons. The lowest BCUT2D eigenvalue weighted by Crippen LogP contribution is -2.46. The van der Waals surface area contributed by atoms with Gasteiger partial charge in [-0.2, -0.15) is 0 Å². The van der Waals surface area contributed by atoms with Gasteiger partial charge in [-0.15, -0.1) is 0 Å². The first-order chi connectivity index (χ1) is 8.67. The van der Waals surface area contributed by atoms with E-state index < -0.39 is 0 Å². The fourth-order valence-electron chi connectivity index (χ4n) is 2.65. The molecule has 1 aliphatic rings. The van der Waals surface area contributed by atoms with Crippen LogP contribution in [0.15, 0.2) is 0 Å². The van der Waals surface area contributed by atoms with E-state index in [-0.39, 0.29) is 0 Å². The van der Waals surface area contributed by atoms with E-state index in [2.05, 4.69) is 36.1 Å². The molecule has 0 aromatic heterocycles. The summed E-state index contributed by atoms with van der Waals surface area (Å²) in [5.41, 5.74) is 0. The highest BCUT2D eigenvalue weighted by Gasteiger charge is 2.21. The third-order valence-electron chi connectivity index (χ3n) is 4.00. The minimum absolute atomic E-state index is 0.495. The Labute approximate surface area is 113 Å². The van der Waals surface area contributed by atoms with Crippen LogP contribution in [0, 0.1) is 5.92 Å². The average molecular weight is 257 g/mol. The van der Waals surface area contributed by atoms with Gasteiger partial charge in [0.2, 0.25) is 0 Å². The van der Waals surface area contributed by atoms with E-state index in [4.69, 9.17) is 4.74 Å². The third kappa shape index (κ3) is 5.65. The average Bonchev–Trinajstić information content (AvgIpc) is 2.37. The number of hydrogen-bond donors (Lipinski definition) is 1. The molecule has 0 saturated carbocycles. The van der Waals surface area contributed by atoms with Gasteiger partial charge in [0.1, 0.15) is 0 Å². The van der Waals surface area contributed by atoms with Crippen LogP contribution in [0.25, 0.3) is 0 Å². The minimum atomic E-state index is 0.495. The summed E-state index contributed by atoms with van der Waals surface area (Å²) in [6.07, 6.45) is 2.67. The van der Waals surface area contributed by atoms with Crippen LogP contribution in [-0.4, -0.2) is 76.4 Å². The van der Waals surface area contributed by atoms with Crippen LogP contribution in [0.1, 0.15) is 19.8 Å². The molecule has 4 heteroatoms. The first kappa shape index (κ1) is 15.9. The highest BCUT2D eigenvalue weighted by molar-refractivity contribution is 4.77. The molecule has 18 heavy (non-hydrogen) atoms. The van der Waals surface area contributed by atoms with Crippen molar-refractivity contribution >= 4 is 0 Å². The van der Waals surface area contributed by atoms with Gasteiger partial charge >= 0.3 is 0 Å². The van der Waals surface area contributed by atoms with E-state index in [1.807, 2.05) is 0 Å². The molecule has 0 aromatic carbocycles. The van der Waals surface area contributed by atoms with Crippen molar-refractivity contribution in [2.75, 3.05) is 60.5 Å². The summed E-state index contributed by atoms with van der Waals surface area (Å²) in [7, 11) is 6.25. The molecular formula is C14H31N3O. The van der Waals surface area contributed by atoms with E-state index in [1.54, 1.807) is 7.11 Å². The van der Waals surface area contributed by atoms with Crippen LogP contribution in [0.5, 0.6) is 0 Å². The SMILES string of the molecule is CCNCC(COC)N(C)CC1CCN(C)CC1. The molecular weight excluding hydrogens is 226 g/mol. The summed E-state index contributed by atoms with van der Waals surface area (Å²) in [5, 5.41) is 3.43.